The molecule has 0 radical (unpaired) electrons. The Morgan fingerprint density at radius 1 is 1.32 bits per heavy atom. The van der Waals surface area contributed by atoms with E-state index in [1.165, 1.54) is 11.1 Å². The molecule has 2 aliphatic heterocycles. The van der Waals surface area contributed by atoms with Crippen molar-refractivity contribution < 1.29 is 14.2 Å². The number of hydrogen-bond donors (Lipinski definition) is 0. The van der Waals surface area contributed by atoms with Crippen molar-refractivity contribution >= 4 is 22.0 Å². The lowest BCUT2D eigenvalue weighted by Crippen LogP contribution is -2.31. The Morgan fingerprint density at radius 2 is 2.04 bits per heavy atom. The second-order valence-electron chi connectivity index (χ2n) is 7.09. The Kier molecular flexibility index (Phi) is 5.35. The zero-order valence-corrected chi connectivity index (χ0v) is 16.9. The molecule has 0 amide bonds. The summed E-state index contributed by atoms with van der Waals surface area (Å²) < 4.78 is 18.8. The smallest absolute Gasteiger partial charge is 0.163 e. The van der Waals surface area contributed by atoms with Gasteiger partial charge in [-0.1, -0.05) is 46.8 Å². The first kappa shape index (κ1) is 18.6. The number of hydrogen-bond acceptors (Lipinski definition) is 3. The van der Waals surface area contributed by atoms with Crippen molar-refractivity contribution in [3.05, 3.63) is 63.2 Å². The predicted molar refractivity (Wildman–Crippen MR) is 104 cm³/mol. The van der Waals surface area contributed by atoms with Gasteiger partial charge in [0.15, 0.2) is 5.79 Å². The third kappa shape index (κ3) is 3.98. The second-order valence-corrected chi connectivity index (χ2v) is 7.94. The van der Waals surface area contributed by atoms with Crippen LogP contribution in [0.2, 0.25) is 0 Å². The van der Waals surface area contributed by atoms with Gasteiger partial charge in [-0.2, -0.15) is 0 Å². The summed E-state index contributed by atoms with van der Waals surface area (Å²) in [4.78, 5) is 0. The number of benzene rings is 1. The molecule has 2 atom stereocenters. The summed E-state index contributed by atoms with van der Waals surface area (Å²) in [6.07, 6.45) is 2.02. The zero-order chi connectivity index (χ0) is 18.2. The molecule has 0 bridgehead atoms. The number of rotatable bonds is 4. The lowest BCUT2D eigenvalue weighted by Gasteiger charge is -2.21. The molecule has 2 aliphatic rings. The average Bonchev–Trinajstić information content (AvgIpc) is 3.11. The summed E-state index contributed by atoms with van der Waals surface area (Å²) in [5, 5.41) is 0. The van der Waals surface area contributed by atoms with Gasteiger partial charge in [-0.05, 0) is 61.6 Å². The summed E-state index contributed by atoms with van der Waals surface area (Å²) in [5.74, 6) is -0.538. The molecular weight excluding hydrogens is 380 g/mol. The fraction of sp³-hybridized carbons (Fsp3) is 0.429. The second kappa shape index (κ2) is 7.20. The van der Waals surface area contributed by atoms with Crippen LogP contribution in [-0.4, -0.2) is 31.2 Å². The predicted octanol–water partition coefficient (Wildman–Crippen LogP) is 5.28. The van der Waals surface area contributed by atoms with E-state index in [9.17, 15) is 0 Å². The van der Waals surface area contributed by atoms with Crippen molar-refractivity contribution in [1.82, 2.24) is 0 Å². The van der Waals surface area contributed by atoms with Crippen molar-refractivity contribution in [3.8, 4) is 0 Å². The van der Waals surface area contributed by atoms with Crippen LogP contribution in [0.4, 0.5) is 0 Å². The van der Waals surface area contributed by atoms with Crippen LogP contribution in [0.15, 0.2) is 57.6 Å². The van der Waals surface area contributed by atoms with Gasteiger partial charge in [0.1, 0.15) is 12.2 Å². The first-order chi connectivity index (χ1) is 11.8. The lowest BCUT2D eigenvalue weighted by atomic mass is 9.94. The summed E-state index contributed by atoms with van der Waals surface area (Å²) >= 11 is 3.59. The van der Waals surface area contributed by atoms with Gasteiger partial charge < -0.3 is 14.2 Å². The molecule has 1 fully saturated rings. The van der Waals surface area contributed by atoms with Gasteiger partial charge in [-0.3, -0.25) is 0 Å². The van der Waals surface area contributed by atoms with Crippen molar-refractivity contribution in [2.45, 2.75) is 45.7 Å². The molecule has 3 rings (SSSR count). The Balaban J connectivity index is 1.79. The molecule has 1 aromatic carbocycles. The van der Waals surface area contributed by atoms with Crippen LogP contribution >= 0.6 is 15.9 Å². The van der Waals surface area contributed by atoms with E-state index in [-0.39, 0.29) is 12.2 Å². The highest BCUT2D eigenvalue weighted by atomic mass is 79.9. The van der Waals surface area contributed by atoms with E-state index in [1.54, 1.807) is 0 Å². The molecular formula is C21H25BrO3. The quantitative estimate of drug-likeness (QED) is 0.639. The van der Waals surface area contributed by atoms with E-state index in [1.807, 2.05) is 32.0 Å². The number of ether oxygens (including phenoxy) is 3. The first-order valence-electron chi connectivity index (χ1n) is 8.54. The van der Waals surface area contributed by atoms with Crippen molar-refractivity contribution in [2.24, 2.45) is 0 Å². The highest BCUT2D eigenvalue weighted by Crippen LogP contribution is 2.36. The monoisotopic (exact) mass is 404 g/mol. The molecule has 0 spiro atoms. The molecule has 0 unspecified atom stereocenters. The summed E-state index contributed by atoms with van der Waals surface area (Å²) in [6.45, 7) is 13.5. The van der Waals surface area contributed by atoms with Crippen LogP contribution in [0.3, 0.4) is 0 Å². The molecule has 0 aliphatic carbocycles. The maximum atomic E-state index is 6.02. The molecule has 4 heteroatoms. The minimum absolute atomic E-state index is 0.0622. The summed E-state index contributed by atoms with van der Waals surface area (Å²) in [7, 11) is 0. The number of halogens is 1. The Morgan fingerprint density at radius 3 is 2.68 bits per heavy atom. The molecule has 25 heavy (non-hydrogen) atoms. The average molecular weight is 405 g/mol. The van der Waals surface area contributed by atoms with E-state index in [0.29, 0.717) is 13.2 Å². The third-order valence-electron chi connectivity index (χ3n) is 4.80. The molecule has 1 saturated heterocycles. The maximum absolute atomic E-state index is 6.02. The molecule has 2 heterocycles. The number of allylic oxidation sites excluding steroid dienone is 1. The Labute approximate surface area is 158 Å². The molecule has 0 N–H and O–H groups in total. The molecule has 134 valence electrons. The maximum Gasteiger partial charge on any atom is 0.163 e. The summed E-state index contributed by atoms with van der Waals surface area (Å²) in [5.41, 5.74) is 5.66. The highest BCUT2D eigenvalue weighted by molar-refractivity contribution is 9.10. The van der Waals surface area contributed by atoms with Gasteiger partial charge in [0.25, 0.3) is 0 Å². The standard InChI is InChI=1S/C21H25BrO3/c1-13(10-16-8-6-7-9-18(16)22)14(2)17-11-23-20(15(17)3)19-12-24-21(4,5)25-19/h6-10,19-20H,2,11-12H2,1,3-5H3/b13-10+/t19-,20+/m1/s1. The van der Waals surface area contributed by atoms with Crippen LogP contribution < -0.4 is 0 Å². The minimum Gasteiger partial charge on any atom is -0.366 e. The van der Waals surface area contributed by atoms with Gasteiger partial charge in [0, 0.05) is 4.47 Å². The van der Waals surface area contributed by atoms with Crippen molar-refractivity contribution in [2.75, 3.05) is 13.2 Å². The van der Waals surface area contributed by atoms with Gasteiger partial charge in [-0.25, -0.2) is 0 Å². The molecule has 0 saturated carbocycles. The lowest BCUT2D eigenvalue weighted by molar-refractivity contribution is -0.150. The van der Waals surface area contributed by atoms with Gasteiger partial charge in [0.05, 0.1) is 13.2 Å². The Bertz CT molecular complexity index is 745. The van der Waals surface area contributed by atoms with E-state index >= 15 is 0 Å². The van der Waals surface area contributed by atoms with Crippen LogP contribution in [0, 0.1) is 0 Å². The van der Waals surface area contributed by atoms with Gasteiger partial charge in [-0.15, -0.1) is 0 Å². The Hall–Kier alpha value is -1.20. The molecule has 0 aromatic heterocycles. The SMILES string of the molecule is C=C(C1=C(C)[C@@H]([C@H]2COC(C)(C)O2)OC1)/C(C)=C/c1ccccc1Br. The van der Waals surface area contributed by atoms with Crippen LogP contribution in [0.1, 0.15) is 33.3 Å². The van der Waals surface area contributed by atoms with Crippen LogP contribution in [0.25, 0.3) is 6.08 Å². The van der Waals surface area contributed by atoms with Crippen LogP contribution in [0.5, 0.6) is 0 Å². The van der Waals surface area contributed by atoms with E-state index in [2.05, 4.69) is 48.5 Å². The first-order valence-corrected chi connectivity index (χ1v) is 9.33. The summed E-state index contributed by atoms with van der Waals surface area (Å²) in [6, 6.07) is 8.17. The van der Waals surface area contributed by atoms with E-state index in [4.69, 9.17) is 14.2 Å². The fourth-order valence-corrected chi connectivity index (χ4v) is 3.71. The van der Waals surface area contributed by atoms with Crippen molar-refractivity contribution in [1.29, 1.82) is 0 Å². The molecule has 1 aromatic rings. The van der Waals surface area contributed by atoms with E-state index < -0.39 is 5.79 Å². The highest BCUT2D eigenvalue weighted by Gasteiger charge is 2.41. The normalized spacial score (nSPS) is 26.4. The van der Waals surface area contributed by atoms with Gasteiger partial charge >= 0.3 is 0 Å². The van der Waals surface area contributed by atoms with Gasteiger partial charge in [0.2, 0.25) is 0 Å². The zero-order valence-electron chi connectivity index (χ0n) is 15.3. The molecule has 3 nitrogen and oxygen atoms in total. The topological polar surface area (TPSA) is 27.7 Å². The van der Waals surface area contributed by atoms with Crippen LogP contribution in [-0.2, 0) is 14.2 Å². The fourth-order valence-electron chi connectivity index (χ4n) is 3.31. The largest absolute Gasteiger partial charge is 0.366 e. The third-order valence-corrected chi connectivity index (χ3v) is 5.52. The minimum atomic E-state index is -0.538. The van der Waals surface area contributed by atoms with Crippen molar-refractivity contribution in [3.63, 3.8) is 0 Å². The van der Waals surface area contributed by atoms with E-state index in [0.717, 1.165) is 21.2 Å².